The van der Waals surface area contributed by atoms with Crippen LogP contribution in [0.3, 0.4) is 0 Å². The number of hydrogen-bond acceptors (Lipinski definition) is 2. The zero-order valence-electron chi connectivity index (χ0n) is 10.0. The van der Waals surface area contributed by atoms with Crippen LogP contribution in [0.2, 0.25) is 4.34 Å². The van der Waals surface area contributed by atoms with Gasteiger partial charge in [0.05, 0.1) is 4.34 Å². The van der Waals surface area contributed by atoms with E-state index < -0.39 is 0 Å². The Kier molecular flexibility index (Phi) is 3.57. The number of aryl methyl sites for hydroxylation is 1. The topological polar surface area (TPSA) is 26.0 Å². The Morgan fingerprint density at radius 2 is 1.94 bits per heavy atom. The summed E-state index contributed by atoms with van der Waals surface area (Å²) in [6.07, 6.45) is 0.815. The van der Waals surface area contributed by atoms with Crippen LogP contribution in [0.1, 0.15) is 22.9 Å². The van der Waals surface area contributed by atoms with Crippen molar-refractivity contribution in [1.82, 2.24) is 0 Å². The van der Waals surface area contributed by atoms with Crippen LogP contribution in [0.5, 0.6) is 0 Å². The summed E-state index contributed by atoms with van der Waals surface area (Å²) in [5.74, 6) is 0. The molecular formula is C14H16ClNS. The summed E-state index contributed by atoms with van der Waals surface area (Å²) in [6.45, 7) is 4.17. The van der Waals surface area contributed by atoms with Crippen LogP contribution in [0.15, 0.2) is 36.4 Å². The predicted octanol–water partition coefficient (Wildman–Crippen LogP) is 4.13. The van der Waals surface area contributed by atoms with Crippen molar-refractivity contribution < 1.29 is 0 Å². The lowest BCUT2D eigenvalue weighted by molar-refractivity contribution is 0.492. The van der Waals surface area contributed by atoms with Gasteiger partial charge < -0.3 is 5.73 Å². The monoisotopic (exact) mass is 265 g/mol. The molecular weight excluding hydrogens is 250 g/mol. The highest BCUT2D eigenvalue weighted by Gasteiger charge is 2.23. The van der Waals surface area contributed by atoms with Crippen LogP contribution in [0, 0.1) is 6.92 Å². The van der Waals surface area contributed by atoms with Crippen LogP contribution in [0.4, 0.5) is 0 Å². The fourth-order valence-corrected chi connectivity index (χ4v) is 3.37. The molecule has 1 heterocycles. The van der Waals surface area contributed by atoms with Gasteiger partial charge in [-0.05, 0) is 37.1 Å². The van der Waals surface area contributed by atoms with Gasteiger partial charge in [-0.2, -0.15) is 0 Å². The summed E-state index contributed by atoms with van der Waals surface area (Å²) >= 11 is 7.54. The van der Waals surface area contributed by atoms with Crippen molar-refractivity contribution in [1.29, 1.82) is 0 Å². The minimum Gasteiger partial charge on any atom is -0.321 e. The van der Waals surface area contributed by atoms with Crippen LogP contribution in [-0.2, 0) is 12.0 Å². The van der Waals surface area contributed by atoms with Crippen molar-refractivity contribution in [3.63, 3.8) is 0 Å². The number of benzene rings is 1. The smallest absolute Gasteiger partial charge is 0.0931 e. The Labute approximate surface area is 111 Å². The van der Waals surface area contributed by atoms with Crippen LogP contribution in [-0.4, -0.2) is 0 Å². The van der Waals surface area contributed by atoms with Gasteiger partial charge in [-0.1, -0.05) is 35.9 Å². The molecule has 1 atom stereocenters. The Bertz CT molecular complexity index is 516. The van der Waals surface area contributed by atoms with Crippen LogP contribution < -0.4 is 5.73 Å². The molecule has 1 aromatic carbocycles. The molecule has 0 amide bonds. The van der Waals surface area contributed by atoms with Crippen LogP contribution in [0.25, 0.3) is 0 Å². The summed E-state index contributed by atoms with van der Waals surface area (Å²) < 4.78 is 0.820. The predicted molar refractivity (Wildman–Crippen MR) is 75.8 cm³/mol. The number of hydrogen-bond donors (Lipinski definition) is 1. The van der Waals surface area contributed by atoms with Gasteiger partial charge >= 0.3 is 0 Å². The van der Waals surface area contributed by atoms with E-state index in [0.717, 1.165) is 10.8 Å². The maximum absolute atomic E-state index is 6.44. The Hall–Kier alpha value is -0.830. The Morgan fingerprint density at radius 3 is 2.53 bits per heavy atom. The molecule has 3 heteroatoms. The van der Waals surface area contributed by atoms with Gasteiger partial charge in [-0.3, -0.25) is 0 Å². The van der Waals surface area contributed by atoms with E-state index in [1.165, 1.54) is 16.0 Å². The highest BCUT2D eigenvalue weighted by atomic mass is 35.5. The zero-order valence-corrected chi connectivity index (χ0v) is 11.6. The molecule has 90 valence electrons. The molecule has 17 heavy (non-hydrogen) atoms. The minimum atomic E-state index is -0.348. The van der Waals surface area contributed by atoms with Gasteiger partial charge in [0.15, 0.2) is 0 Å². The summed E-state index contributed by atoms with van der Waals surface area (Å²) in [5, 5.41) is 0. The normalized spacial score (nSPS) is 14.6. The molecule has 0 fully saturated rings. The maximum Gasteiger partial charge on any atom is 0.0931 e. The average molecular weight is 266 g/mol. The van der Waals surface area contributed by atoms with E-state index in [1.54, 1.807) is 11.3 Å². The standard InChI is InChI=1S/C14H16ClNS/c1-10-5-3-4-6-12(10)14(2,16)9-11-7-8-13(15)17-11/h3-8H,9,16H2,1-2H3. The molecule has 0 aliphatic heterocycles. The second kappa shape index (κ2) is 4.81. The van der Waals surface area contributed by atoms with Gasteiger partial charge in [-0.25, -0.2) is 0 Å². The van der Waals surface area contributed by atoms with E-state index in [1.807, 2.05) is 18.2 Å². The lowest BCUT2D eigenvalue weighted by atomic mass is 9.86. The van der Waals surface area contributed by atoms with E-state index >= 15 is 0 Å². The van der Waals surface area contributed by atoms with Crippen molar-refractivity contribution >= 4 is 22.9 Å². The van der Waals surface area contributed by atoms with Gasteiger partial charge in [0.1, 0.15) is 0 Å². The van der Waals surface area contributed by atoms with Crippen molar-refractivity contribution in [2.24, 2.45) is 5.73 Å². The highest BCUT2D eigenvalue weighted by Crippen LogP contribution is 2.30. The molecule has 2 N–H and O–H groups in total. The maximum atomic E-state index is 6.44. The molecule has 2 rings (SSSR count). The summed E-state index contributed by atoms with van der Waals surface area (Å²) in [5.41, 5.74) is 8.53. The third kappa shape index (κ3) is 2.89. The van der Waals surface area contributed by atoms with E-state index in [2.05, 4.69) is 32.0 Å². The molecule has 0 bridgehead atoms. The molecule has 1 nitrogen and oxygen atoms in total. The fourth-order valence-electron chi connectivity index (χ4n) is 2.12. The first-order valence-corrected chi connectivity index (χ1v) is 6.78. The van der Waals surface area contributed by atoms with Crippen LogP contribution >= 0.6 is 22.9 Å². The number of nitrogens with two attached hydrogens (primary N) is 1. The summed E-state index contributed by atoms with van der Waals surface area (Å²) in [6, 6.07) is 12.3. The lowest BCUT2D eigenvalue weighted by Crippen LogP contribution is -2.35. The molecule has 0 aliphatic carbocycles. The van der Waals surface area contributed by atoms with E-state index in [-0.39, 0.29) is 5.54 Å². The quantitative estimate of drug-likeness (QED) is 0.887. The molecule has 1 aromatic heterocycles. The van der Waals surface area contributed by atoms with E-state index in [4.69, 9.17) is 17.3 Å². The van der Waals surface area contributed by atoms with Crippen molar-refractivity contribution in [3.05, 3.63) is 56.7 Å². The van der Waals surface area contributed by atoms with E-state index in [9.17, 15) is 0 Å². The third-order valence-corrected chi connectivity index (χ3v) is 4.16. The number of rotatable bonds is 3. The largest absolute Gasteiger partial charge is 0.321 e. The first-order valence-electron chi connectivity index (χ1n) is 5.58. The van der Waals surface area contributed by atoms with Crippen molar-refractivity contribution in [2.75, 3.05) is 0 Å². The summed E-state index contributed by atoms with van der Waals surface area (Å²) in [4.78, 5) is 1.23. The van der Waals surface area contributed by atoms with Gasteiger partial charge in [0, 0.05) is 16.8 Å². The van der Waals surface area contributed by atoms with Gasteiger partial charge in [-0.15, -0.1) is 11.3 Å². The average Bonchev–Trinajstić information content (AvgIpc) is 2.63. The molecule has 2 aromatic rings. The fraction of sp³-hybridized carbons (Fsp3) is 0.286. The van der Waals surface area contributed by atoms with E-state index in [0.29, 0.717) is 0 Å². The molecule has 0 aliphatic rings. The summed E-state index contributed by atoms with van der Waals surface area (Å²) in [7, 11) is 0. The van der Waals surface area contributed by atoms with Gasteiger partial charge in [0.25, 0.3) is 0 Å². The Morgan fingerprint density at radius 1 is 1.24 bits per heavy atom. The molecule has 0 saturated carbocycles. The lowest BCUT2D eigenvalue weighted by Gasteiger charge is -2.26. The van der Waals surface area contributed by atoms with Crippen molar-refractivity contribution in [3.8, 4) is 0 Å². The van der Waals surface area contributed by atoms with Crippen molar-refractivity contribution in [2.45, 2.75) is 25.8 Å². The molecule has 1 unspecified atom stereocenters. The second-order valence-corrected chi connectivity index (χ2v) is 6.41. The highest BCUT2D eigenvalue weighted by molar-refractivity contribution is 7.16. The first kappa shape index (κ1) is 12.6. The zero-order chi connectivity index (χ0) is 12.5. The molecule has 0 spiro atoms. The third-order valence-electron chi connectivity index (χ3n) is 2.93. The number of halogens is 1. The molecule has 0 saturated heterocycles. The van der Waals surface area contributed by atoms with Gasteiger partial charge in [0.2, 0.25) is 0 Å². The minimum absolute atomic E-state index is 0.348. The number of thiophene rings is 1. The SMILES string of the molecule is Cc1ccccc1C(C)(N)Cc1ccc(Cl)s1. The molecule has 0 radical (unpaired) electrons. The Balaban J connectivity index is 2.27. The second-order valence-electron chi connectivity index (χ2n) is 4.61. The first-order chi connectivity index (χ1) is 7.99.